The summed E-state index contributed by atoms with van der Waals surface area (Å²) >= 11 is 0. The molecule has 1 heterocycles. The molecule has 4 nitrogen and oxygen atoms in total. The molecule has 2 aromatic carbocycles. The van der Waals surface area contributed by atoms with E-state index in [0.29, 0.717) is 22.6 Å². The van der Waals surface area contributed by atoms with Gasteiger partial charge in [0.05, 0.1) is 12.7 Å². The molecule has 3 rings (SSSR count). The van der Waals surface area contributed by atoms with E-state index in [2.05, 4.69) is 4.98 Å². The molecule has 0 spiro atoms. The van der Waals surface area contributed by atoms with Crippen LogP contribution >= 0.6 is 0 Å². The highest BCUT2D eigenvalue weighted by molar-refractivity contribution is 5.93. The van der Waals surface area contributed by atoms with E-state index >= 15 is 0 Å². The van der Waals surface area contributed by atoms with Crippen LogP contribution in [-0.4, -0.2) is 12.1 Å². The minimum atomic E-state index is -4.60. The molecular weight excluding hydrogens is 367 g/mol. The van der Waals surface area contributed by atoms with Crippen LogP contribution in [0, 0.1) is 18.3 Å². The van der Waals surface area contributed by atoms with E-state index in [1.807, 2.05) is 6.07 Å². The minimum absolute atomic E-state index is 0.0879. The molecule has 0 amide bonds. The summed E-state index contributed by atoms with van der Waals surface area (Å²) in [5.74, 6) is 0.331. The lowest BCUT2D eigenvalue weighted by molar-refractivity contribution is -0.137. The molecule has 7 heteroatoms. The van der Waals surface area contributed by atoms with Crippen LogP contribution in [0.15, 0.2) is 48.5 Å². The summed E-state index contributed by atoms with van der Waals surface area (Å²) in [6, 6.07) is 13.9. The van der Waals surface area contributed by atoms with Crippen molar-refractivity contribution in [1.29, 1.82) is 5.26 Å². The van der Waals surface area contributed by atoms with E-state index in [1.165, 1.54) is 25.3 Å². The monoisotopic (exact) mass is 383 g/mol. The summed E-state index contributed by atoms with van der Waals surface area (Å²) in [6.07, 6.45) is -4.60. The van der Waals surface area contributed by atoms with Crippen molar-refractivity contribution in [1.82, 2.24) is 4.98 Å². The van der Waals surface area contributed by atoms with Crippen molar-refractivity contribution in [2.45, 2.75) is 13.1 Å². The van der Waals surface area contributed by atoms with Gasteiger partial charge in [0.2, 0.25) is 0 Å². The smallest absolute Gasteiger partial charge is 0.417 e. The maximum absolute atomic E-state index is 13.7. The Kier molecular flexibility index (Phi) is 4.97. The van der Waals surface area contributed by atoms with Gasteiger partial charge in [0.15, 0.2) is 0 Å². The number of aromatic nitrogens is 1. The number of methoxy groups -OCH3 is 1. The second kappa shape index (κ2) is 7.24. The lowest BCUT2D eigenvalue weighted by Crippen LogP contribution is -2.10. The number of alkyl halides is 3. The number of anilines is 1. The molecule has 142 valence electrons. The van der Waals surface area contributed by atoms with Gasteiger partial charge < -0.3 is 10.5 Å². The highest BCUT2D eigenvalue weighted by atomic mass is 19.4. The topological polar surface area (TPSA) is 71.9 Å². The number of nitrogens with two attached hydrogens (primary N) is 1. The number of hydrogen-bond acceptors (Lipinski definition) is 4. The predicted octanol–water partition coefficient (Wildman–Crippen LogP) is 5.21. The normalized spacial score (nSPS) is 11.1. The molecule has 0 bridgehead atoms. The SMILES string of the molecule is COc1ccccc1-c1c(C)nc(N)c(C#N)c1-c1ccccc1C(F)(F)F. The van der Waals surface area contributed by atoms with Crippen LogP contribution in [0.2, 0.25) is 0 Å². The van der Waals surface area contributed by atoms with Gasteiger partial charge in [0, 0.05) is 22.4 Å². The zero-order valence-corrected chi connectivity index (χ0v) is 15.1. The van der Waals surface area contributed by atoms with Crippen molar-refractivity contribution in [3.05, 3.63) is 65.4 Å². The molecule has 0 saturated carbocycles. The van der Waals surface area contributed by atoms with Crippen LogP contribution in [0.3, 0.4) is 0 Å². The van der Waals surface area contributed by atoms with Gasteiger partial charge in [-0.2, -0.15) is 18.4 Å². The number of para-hydroxylation sites is 1. The van der Waals surface area contributed by atoms with Gasteiger partial charge in [-0.25, -0.2) is 4.98 Å². The van der Waals surface area contributed by atoms with E-state index < -0.39 is 11.7 Å². The number of hydrogen-bond donors (Lipinski definition) is 1. The van der Waals surface area contributed by atoms with Gasteiger partial charge in [0.1, 0.15) is 23.2 Å². The third-order valence-electron chi connectivity index (χ3n) is 4.40. The maximum atomic E-state index is 13.7. The molecular formula is C21H16F3N3O. The summed E-state index contributed by atoms with van der Waals surface area (Å²) in [6.45, 7) is 1.64. The van der Waals surface area contributed by atoms with Crippen molar-refractivity contribution in [3.63, 3.8) is 0 Å². The van der Waals surface area contributed by atoms with Crippen LogP contribution in [0.5, 0.6) is 5.75 Å². The third-order valence-corrected chi connectivity index (χ3v) is 4.40. The first-order chi connectivity index (χ1) is 13.3. The zero-order valence-electron chi connectivity index (χ0n) is 15.1. The molecule has 0 aliphatic carbocycles. The fourth-order valence-electron chi connectivity index (χ4n) is 3.24. The van der Waals surface area contributed by atoms with Crippen molar-refractivity contribution in [2.24, 2.45) is 0 Å². The summed E-state index contributed by atoms with van der Waals surface area (Å²) < 4.78 is 46.5. The standard InChI is InChI=1S/C21H16F3N3O/c1-12-18(14-8-4-6-10-17(14)28-2)19(15(11-25)20(26)27-12)13-7-3-5-9-16(13)21(22,23)24/h3-10H,1-2H3,(H2,26,27). The Labute approximate surface area is 160 Å². The first-order valence-corrected chi connectivity index (χ1v) is 8.29. The van der Waals surface area contributed by atoms with Crippen LogP contribution in [-0.2, 0) is 6.18 Å². The number of pyridine rings is 1. The highest BCUT2D eigenvalue weighted by Crippen LogP contribution is 2.45. The van der Waals surface area contributed by atoms with Crippen molar-refractivity contribution in [2.75, 3.05) is 12.8 Å². The fourth-order valence-corrected chi connectivity index (χ4v) is 3.24. The van der Waals surface area contributed by atoms with E-state index in [0.717, 1.165) is 6.07 Å². The fraction of sp³-hybridized carbons (Fsp3) is 0.143. The molecule has 0 atom stereocenters. The first-order valence-electron chi connectivity index (χ1n) is 8.29. The Morgan fingerprint density at radius 2 is 1.61 bits per heavy atom. The Morgan fingerprint density at radius 1 is 1.00 bits per heavy atom. The summed E-state index contributed by atoms with van der Waals surface area (Å²) in [7, 11) is 1.47. The van der Waals surface area contributed by atoms with E-state index in [9.17, 15) is 18.4 Å². The van der Waals surface area contributed by atoms with E-state index in [1.54, 1.807) is 31.2 Å². The Balaban J connectivity index is 2.51. The van der Waals surface area contributed by atoms with Gasteiger partial charge in [-0.15, -0.1) is 0 Å². The second-order valence-electron chi connectivity index (χ2n) is 6.06. The molecule has 2 N–H and O–H groups in total. The predicted molar refractivity (Wildman–Crippen MR) is 101 cm³/mol. The maximum Gasteiger partial charge on any atom is 0.417 e. The van der Waals surface area contributed by atoms with E-state index in [-0.39, 0.29) is 22.5 Å². The largest absolute Gasteiger partial charge is 0.496 e. The molecule has 0 aliphatic rings. The van der Waals surface area contributed by atoms with Crippen molar-refractivity contribution in [3.8, 4) is 34.1 Å². The van der Waals surface area contributed by atoms with Crippen molar-refractivity contribution < 1.29 is 17.9 Å². The quantitative estimate of drug-likeness (QED) is 0.674. The average molecular weight is 383 g/mol. The van der Waals surface area contributed by atoms with Gasteiger partial charge in [-0.1, -0.05) is 36.4 Å². The zero-order chi connectivity index (χ0) is 20.5. The molecule has 28 heavy (non-hydrogen) atoms. The molecule has 1 aromatic heterocycles. The minimum Gasteiger partial charge on any atom is -0.496 e. The van der Waals surface area contributed by atoms with Crippen LogP contribution in [0.4, 0.5) is 19.0 Å². The molecule has 0 radical (unpaired) electrons. The summed E-state index contributed by atoms with van der Waals surface area (Å²) in [5, 5.41) is 9.66. The first kappa shape index (κ1) is 19.2. The number of rotatable bonds is 3. The number of nitrogens with zero attached hydrogens (tertiary/aromatic N) is 2. The number of nitriles is 1. The number of benzene rings is 2. The van der Waals surface area contributed by atoms with Gasteiger partial charge in [0.25, 0.3) is 0 Å². The van der Waals surface area contributed by atoms with Crippen LogP contribution in [0.25, 0.3) is 22.3 Å². The van der Waals surface area contributed by atoms with E-state index in [4.69, 9.17) is 10.5 Å². The van der Waals surface area contributed by atoms with Gasteiger partial charge >= 0.3 is 6.18 Å². The van der Waals surface area contributed by atoms with Crippen molar-refractivity contribution >= 4 is 5.82 Å². The molecule has 0 saturated heterocycles. The lowest BCUT2D eigenvalue weighted by atomic mass is 9.87. The second-order valence-corrected chi connectivity index (χ2v) is 6.06. The number of nitrogen functional groups attached to an aromatic ring is 1. The Hall–Kier alpha value is -3.53. The summed E-state index contributed by atoms with van der Waals surface area (Å²) in [5.41, 5.74) is 6.19. The van der Waals surface area contributed by atoms with Crippen LogP contribution < -0.4 is 10.5 Å². The third kappa shape index (κ3) is 3.25. The number of halogens is 3. The van der Waals surface area contributed by atoms with Gasteiger partial charge in [-0.3, -0.25) is 0 Å². The average Bonchev–Trinajstić information content (AvgIpc) is 2.67. The Bertz CT molecular complexity index is 1090. The number of ether oxygens (including phenoxy) is 1. The van der Waals surface area contributed by atoms with Crippen LogP contribution in [0.1, 0.15) is 16.8 Å². The lowest BCUT2D eigenvalue weighted by Gasteiger charge is -2.20. The summed E-state index contributed by atoms with van der Waals surface area (Å²) in [4.78, 5) is 4.19. The molecule has 0 aliphatic heterocycles. The van der Waals surface area contributed by atoms with Gasteiger partial charge in [-0.05, 0) is 24.6 Å². The Morgan fingerprint density at radius 3 is 2.21 bits per heavy atom. The number of aryl methyl sites for hydroxylation is 1. The molecule has 3 aromatic rings. The molecule has 0 unspecified atom stereocenters. The molecule has 0 fully saturated rings. The highest BCUT2D eigenvalue weighted by Gasteiger charge is 2.35.